The maximum Gasteiger partial charge on any atom is 0.586 e. The number of rotatable bonds is 24. The third-order valence-corrected chi connectivity index (χ3v) is 9.62. The molecule has 0 saturated carbocycles. The Morgan fingerprint density at radius 2 is 1.15 bits per heavy atom. The molecule has 0 fully saturated rings. The van der Waals surface area contributed by atoms with Crippen LogP contribution in [0.2, 0.25) is 0 Å². The number of halogens is 6. The molecule has 5 rings (SSSR count). The standard InChI is InChI=1S/C46H46F6O7/c1-3-36(53)16-8-6-5-7-13-31-17-19-32(20-18-31)14-9-10-15-33-21-23-34(24-22-33)35-29-37(47)42(38(48)30-35)45(49,50)57-40-26-25-39(43-44(40)59-46(51,52)58-43)55-27-11-12-28-56-41(54)4-2/h3-4,17-26,29-30H,1-2,5-16,27-28H2. The van der Waals surface area contributed by atoms with Gasteiger partial charge in [0.05, 0.1) is 13.2 Å². The molecule has 4 aromatic carbocycles. The number of carbonyl (C=O) groups is 2. The zero-order chi connectivity index (χ0) is 42.4. The molecule has 314 valence electrons. The van der Waals surface area contributed by atoms with Gasteiger partial charge >= 0.3 is 18.4 Å². The molecule has 1 aliphatic rings. The minimum atomic E-state index is -4.67. The maximum absolute atomic E-state index is 15.4. The molecule has 7 nitrogen and oxygen atoms in total. The smallest absolute Gasteiger partial charge is 0.490 e. The molecule has 0 N–H and O–H groups in total. The van der Waals surface area contributed by atoms with E-state index in [2.05, 4.69) is 51.6 Å². The van der Waals surface area contributed by atoms with Gasteiger partial charge < -0.3 is 23.7 Å². The number of esters is 1. The number of hydrogen-bond donors (Lipinski definition) is 0. The highest BCUT2D eigenvalue weighted by Crippen LogP contribution is 2.54. The van der Waals surface area contributed by atoms with Crippen LogP contribution in [0, 0.1) is 11.6 Å². The number of hydrogen-bond acceptors (Lipinski definition) is 7. The van der Waals surface area contributed by atoms with E-state index in [0.717, 1.165) is 93.7 Å². The van der Waals surface area contributed by atoms with Gasteiger partial charge in [0, 0.05) is 12.5 Å². The Bertz CT molecular complexity index is 2040. The van der Waals surface area contributed by atoms with Gasteiger partial charge in [-0.25, -0.2) is 13.6 Å². The third-order valence-electron chi connectivity index (χ3n) is 9.62. The summed E-state index contributed by atoms with van der Waals surface area (Å²) in [5, 5.41) is 0. The molecule has 0 aromatic heterocycles. The summed E-state index contributed by atoms with van der Waals surface area (Å²) in [6.45, 7) is 6.77. The van der Waals surface area contributed by atoms with E-state index < -0.39 is 52.8 Å². The number of ketones is 1. The van der Waals surface area contributed by atoms with Gasteiger partial charge in [-0.2, -0.15) is 8.78 Å². The predicted molar refractivity (Wildman–Crippen MR) is 210 cm³/mol. The molecule has 0 spiro atoms. The summed E-state index contributed by atoms with van der Waals surface area (Å²) >= 11 is 0. The SMILES string of the molecule is C=CC(=O)CCCCCCc1ccc(CCCCc2ccc(-c3cc(F)c(C(F)(F)Oc4ccc(OCCCCOC(=O)C=C)c5c4OC(F)(F)O5)c(F)c3)cc2)cc1. The first-order valence-electron chi connectivity index (χ1n) is 19.5. The largest absolute Gasteiger partial charge is 0.586 e. The second-order valence-electron chi connectivity index (χ2n) is 14.1. The lowest BCUT2D eigenvalue weighted by molar-refractivity contribution is -0.288. The molecule has 0 aliphatic carbocycles. The number of alkyl halides is 4. The summed E-state index contributed by atoms with van der Waals surface area (Å²) < 4.78 is 113. The number of fused-ring (bicyclic) bond motifs is 1. The van der Waals surface area contributed by atoms with Crippen molar-refractivity contribution in [3.05, 3.63) is 132 Å². The van der Waals surface area contributed by atoms with Crippen LogP contribution in [0.4, 0.5) is 26.3 Å². The van der Waals surface area contributed by atoms with Crippen LogP contribution >= 0.6 is 0 Å². The van der Waals surface area contributed by atoms with Crippen LogP contribution in [-0.2, 0) is 39.7 Å². The van der Waals surface area contributed by atoms with E-state index in [0.29, 0.717) is 24.8 Å². The Morgan fingerprint density at radius 3 is 1.73 bits per heavy atom. The summed E-state index contributed by atoms with van der Waals surface area (Å²) in [5.74, 6) is -6.72. The minimum absolute atomic E-state index is 0.00666. The second-order valence-corrected chi connectivity index (χ2v) is 14.1. The van der Waals surface area contributed by atoms with Crippen molar-refractivity contribution in [2.75, 3.05) is 13.2 Å². The number of benzene rings is 4. The summed E-state index contributed by atoms with van der Waals surface area (Å²) in [6, 6.07) is 18.9. The lowest BCUT2D eigenvalue weighted by Crippen LogP contribution is -2.27. The average Bonchev–Trinajstić information content (AvgIpc) is 3.55. The summed E-state index contributed by atoms with van der Waals surface area (Å²) in [5.41, 5.74) is 2.22. The van der Waals surface area contributed by atoms with Gasteiger partial charge in [0.2, 0.25) is 11.5 Å². The normalized spacial score (nSPS) is 12.8. The van der Waals surface area contributed by atoms with Crippen molar-refractivity contribution in [1.82, 2.24) is 0 Å². The first-order valence-corrected chi connectivity index (χ1v) is 19.5. The van der Waals surface area contributed by atoms with Gasteiger partial charge in [0.15, 0.2) is 17.3 Å². The van der Waals surface area contributed by atoms with E-state index in [-0.39, 0.29) is 30.3 Å². The van der Waals surface area contributed by atoms with Gasteiger partial charge in [-0.05, 0) is 116 Å². The second kappa shape index (κ2) is 20.8. The van der Waals surface area contributed by atoms with E-state index in [1.165, 1.54) is 17.2 Å². The molecule has 4 aromatic rings. The fourth-order valence-corrected chi connectivity index (χ4v) is 6.48. The van der Waals surface area contributed by atoms with Crippen LogP contribution in [0.15, 0.2) is 98.1 Å². The molecule has 0 radical (unpaired) electrons. The Balaban J connectivity index is 1.12. The Kier molecular flexibility index (Phi) is 15.7. The van der Waals surface area contributed by atoms with Crippen molar-refractivity contribution < 1.29 is 59.6 Å². The quantitative estimate of drug-likeness (QED) is 0.0301. The topological polar surface area (TPSA) is 80.3 Å². The lowest BCUT2D eigenvalue weighted by atomic mass is 9.98. The van der Waals surface area contributed by atoms with Crippen LogP contribution in [0.1, 0.15) is 80.0 Å². The number of aryl methyl sites for hydroxylation is 3. The van der Waals surface area contributed by atoms with Crippen molar-refractivity contribution in [3.8, 4) is 34.1 Å². The molecule has 0 amide bonds. The number of ether oxygens (including phenoxy) is 5. The van der Waals surface area contributed by atoms with Crippen LogP contribution in [0.5, 0.6) is 23.0 Å². The molecule has 1 aliphatic heterocycles. The molecule has 0 bridgehead atoms. The highest BCUT2D eigenvalue weighted by molar-refractivity contribution is 5.88. The number of allylic oxidation sites excluding steroid dienone is 1. The predicted octanol–water partition coefficient (Wildman–Crippen LogP) is 11.8. The summed E-state index contributed by atoms with van der Waals surface area (Å²) in [4.78, 5) is 22.4. The third kappa shape index (κ3) is 12.9. The van der Waals surface area contributed by atoms with E-state index in [1.54, 1.807) is 12.1 Å². The fourth-order valence-electron chi connectivity index (χ4n) is 6.48. The zero-order valence-electron chi connectivity index (χ0n) is 32.5. The summed E-state index contributed by atoms with van der Waals surface area (Å²) in [6.07, 6.45) is 3.33. The van der Waals surface area contributed by atoms with E-state index >= 15 is 17.6 Å². The Hall–Kier alpha value is -5.72. The zero-order valence-corrected chi connectivity index (χ0v) is 32.5. The van der Waals surface area contributed by atoms with Crippen molar-refractivity contribution in [3.63, 3.8) is 0 Å². The molecule has 0 atom stereocenters. The molecule has 0 saturated heterocycles. The fraction of sp³-hybridized carbons (Fsp3) is 0.348. The minimum Gasteiger partial charge on any atom is -0.490 e. The van der Waals surface area contributed by atoms with Crippen LogP contribution in [-0.4, -0.2) is 31.3 Å². The van der Waals surface area contributed by atoms with Crippen LogP contribution in [0.3, 0.4) is 0 Å². The van der Waals surface area contributed by atoms with Gasteiger partial charge in [-0.1, -0.05) is 74.5 Å². The Labute approximate surface area is 339 Å². The Morgan fingerprint density at radius 1 is 0.644 bits per heavy atom. The van der Waals surface area contributed by atoms with Crippen LogP contribution in [0.25, 0.3) is 11.1 Å². The van der Waals surface area contributed by atoms with Crippen molar-refractivity contribution in [2.24, 2.45) is 0 Å². The molecular formula is C46H46F6O7. The van der Waals surface area contributed by atoms with E-state index in [4.69, 9.17) is 9.47 Å². The molecule has 59 heavy (non-hydrogen) atoms. The number of carbonyl (C=O) groups excluding carboxylic acids is 2. The summed E-state index contributed by atoms with van der Waals surface area (Å²) in [7, 11) is 0. The maximum atomic E-state index is 15.4. The van der Waals surface area contributed by atoms with Gasteiger partial charge in [-0.3, -0.25) is 4.79 Å². The highest BCUT2D eigenvalue weighted by Gasteiger charge is 2.49. The highest BCUT2D eigenvalue weighted by atomic mass is 19.3. The van der Waals surface area contributed by atoms with Crippen molar-refractivity contribution >= 4 is 11.8 Å². The first-order chi connectivity index (χ1) is 28.3. The lowest BCUT2D eigenvalue weighted by Gasteiger charge is -2.21. The van der Waals surface area contributed by atoms with Crippen molar-refractivity contribution in [1.29, 1.82) is 0 Å². The van der Waals surface area contributed by atoms with Gasteiger partial charge in [0.1, 0.15) is 17.2 Å². The molecule has 0 unspecified atom stereocenters. The van der Waals surface area contributed by atoms with Crippen LogP contribution < -0.4 is 18.9 Å². The number of unbranched alkanes of at least 4 members (excludes halogenated alkanes) is 5. The molecule has 13 heteroatoms. The van der Waals surface area contributed by atoms with E-state index in [9.17, 15) is 18.4 Å². The average molecular weight is 825 g/mol. The molecular weight excluding hydrogens is 778 g/mol. The monoisotopic (exact) mass is 824 g/mol. The molecule has 1 heterocycles. The van der Waals surface area contributed by atoms with Gasteiger partial charge in [0.25, 0.3) is 0 Å². The first kappa shape index (κ1) is 44.4. The van der Waals surface area contributed by atoms with E-state index in [1.807, 2.05) is 12.1 Å². The van der Waals surface area contributed by atoms with Crippen molar-refractivity contribution in [2.45, 2.75) is 89.5 Å². The van der Waals surface area contributed by atoms with Gasteiger partial charge in [-0.15, -0.1) is 8.78 Å².